The first-order valence-electron chi connectivity index (χ1n) is 6.68. The van der Waals surface area contributed by atoms with Crippen LogP contribution in [0.5, 0.6) is 11.5 Å². The molecular formula is C17H19ClO2. The number of aryl methyl sites for hydroxylation is 2. The van der Waals surface area contributed by atoms with Gasteiger partial charge in [0.2, 0.25) is 0 Å². The Bertz CT molecular complexity index is 549. The fraction of sp³-hybridized carbons (Fsp3) is 0.294. The van der Waals surface area contributed by atoms with Crippen LogP contribution in [0.4, 0.5) is 0 Å². The van der Waals surface area contributed by atoms with Crippen LogP contribution in [0.3, 0.4) is 0 Å². The van der Waals surface area contributed by atoms with Crippen LogP contribution in [-0.4, -0.2) is 14.2 Å². The summed E-state index contributed by atoms with van der Waals surface area (Å²) in [6.45, 7) is 0. The second kappa shape index (κ2) is 7.20. The van der Waals surface area contributed by atoms with Crippen LogP contribution in [0.1, 0.15) is 17.5 Å². The summed E-state index contributed by atoms with van der Waals surface area (Å²) in [5, 5.41) is 0.786. The molecule has 0 saturated heterocycles. The molecule has 0 heterocycles. The van der Waals surface area contributed by atoms with Gasteiger partial charge in [0.1, 0.15) is 0 Å². The van der Waals surface area contributed by atoms with Crippen LogP contribution in [0.2, 0.25) is 5.02 Å². The number of benzene rings is 2. The normalized spacial score (nSPS) is 10.3. The summed E-state index contributed by atoms with van der Waals surface area (Å²) >= 11 is 5.88. The van der Waals surface area contributed by atoms with E-state index < -0.39 is 0 Å². The summed E-state index contributed by atoms with van der Waals surface area (Å²) in [5.74, 6) is 1.56. The van der Waals surface area contributed by atoms with Crippen molar-refractivity contribution in [2.45, 2.75) is 19.3 Å². The molecule has 0 atom stereocenters. The molecule has 106 valence electrons. The Balaban J connectivity index is 1.92. The van der Waals surface area contributed by atoms with E-state index in [2.05, 4.69) is 18.2 Å². The zero-order valence-corrected chi connectivity index (χ0v) is 12.6. The number of ether oxygens (including phenoxy) is 2. The van der Waals surface area contributed by atoms with E-state index in [4.69, 9.17) is 21.1 Å². The molecule has 3 heteroatoms. The molecule has 0 saturated carbocycles. The molecular weight excluding hydrogens is 272 g/mol. The molecule has 0 unspecified atom stereocenters. The van der Waals surface area contributed by atoms with Crippen molar-refractivity contribution in [2.75, 3.05) is 14.2 Å². The van der Waals surface area contributed by atoms with Crippen LogP contribution >= 0.6 is 11.6 Å². The molecule has 20 heavy (non-hydrogen) atoms. The second-order valence-corrected chi connectivity index (χ2v) is 5.11. The third-order valence-electron chi connectivity index (χ3n) is 3.29. The summed E-state index contributed by atoms with van der Waals surface area (Å²) in [6.07, 6.45) is 3.16. The molecule has 2 rings (SSSR count). The van der Waals surface area contributed by atoms with Crippen molar-refractivity contribution in [3.8, 4) is 11.5 Å². The van der Waals surface area contributed by atoms with Crippen LogP contribution < -0.4 is 9.47 Å². The Hall–Kier alpha value is -1.67. The molecule has 0 aliphatic carbocycles. The number of hydrogen-bond donors (Lipinski definition) is 0. The van der Waals surface area contributed by atoms with Gasteiger partial charge in [0.15, 0.2) is 11.5 Å². The lowest BCUT2D eigenvalue weighted by Gasteiger charge is -2.09. The van der Waals surface area contributed by atoms with Gasteiger partial charge in [0.25, 0.3) is 0 Å². The summed E-state index contributed by atoms with van der Waals surface area (Å²) < 4.78 is 10.6. The van der Waals surface area contributed by atoms with E-state index >= 15 is 0 Å². The predicted octanol–water partition coefficient (Wildman–Crippen LogP) is 4.53. The Morgan fingerprint density at radius 2 is 1.40 bits per heavy atom. The van der Waals surface area contributed by atoms with Gasteiger partial charge in [0.05, 0.1) is 14.2 Å². The van der Waals surface area contributed by atoms with Gasteiger partial charge in [-0.1, -0.05) is 29.8 Å². The van der Waals surface area contributed by atoms with Gasteiger partial charge in [-0.05, 0) is 54.7 Å². The third kappa shape index (κ3) is 3.91. The van der Waals surface area contributed by atoms with Gasteiger partial charge >= 0.3 is 0 Å². The van der Waals surface area contributed by atoms with Gasteiger partial charge in [-0.25, -0.2) is 0 Å². The largest absolute Gasteiger partial charge is 0.493 e. The molecule has 0 aliphatic heterocycles. The van der Waals surface area contributed by atoms with Crippen molar-refractivity contribution in [1.82, 2.24) is 0 Å². The first-order valence-corrected chi connectivity index (χ1v) is 7.06. The molecule has 0 fully saturated rings. The maximum Gasteiger partial charge on any atom is 0.160 e. The highest BCUT2D eigenvalue weighted by atomic mass is 35.5. The first kappa shape index (κ1) is 14.7. The molecule has 2 aromatic carbocycles. The van der Waals surface area contributed by atoms with Gasteiger partial charge in [-0.2, -0.15) is 0 Å². The standard InChI is InChI=1S/C17H19ClO2/c1-19-16-11-8-14(12-17(16)20-2)5-3-4-13-6-9-15(18)10-7-13/h6-12H,3-5H2,1-2H3. The summed E-state index contributed by atoms with van der Waals surface area (Å²) in [6, 6.07) is 14.1. The fourth-order valence-electron chi connectivity index (χ4n) is 2.18. The zero-order valence-electron chi connectivity index (χ0n) is 11.9. The average molecular weight is 291 g/mol. The highest BCUT2D eigenvalue weighted by molar-refractivity contribution is 6.30. The lowest BCUT2D eigenvalue weighted by Crippen LogP contribution is -1.94. The zero-order chi connectivity index (χ0) is 14.4. The van der Waals surface area contributed by atoms with E-state index in [0.717, 1.165) is 35.8 Å². The van der Waals surface area contributed by atoms with Crippen LogP contribution in [0.25, 0.3) is 0 Å². The Morgan fingerprint density at radius 3 is 2.05 bits per heavy atom. The van der Waals surface area contributed by atoms with Crippen molar-refractivity contribution < 1.29 is 9.47 Å². The molecule has 0 bridgehead atoms. The molecule has 0 aromatic heterocycles. The fourth-order valence-corrected chi connectivity index (χ4v) is 2.31. The van der Waals surface area contributed by atoms with E-state index in [1.165, 1.54) is 11.1 Å². The van der Waals surface area contributed by atoms with Crippen molar-refractivity contribution in [1.29, 1.82) is 0 Å². The predicted molar refractivity (Wildman–Crippen MR) is 83.0 cm³/mol. The minimum atomic E-state index is 0.772. The van der Waals surface area contributed by atoms with Gasteiger partial charge < -0.3 is 9.47 Å². The van der Waals surface area contributed by atoms with Crippen LogP contribution in [0.15, 0.2) is 42.5 Å². The van der Waals surface area contributed by atoms with E-state index in [-0.39, 0.29) is 0 Å². The number of methoxy groups -OCH3 is 2. The maximum atomic E-state index is 5.88. The van der Waals surface area contributed by atoms with Gasteiger partial charge in [0, 0.05) is 5.02 Å². The summed E-state index contributed by atoms with van der Waals surface area (Å²) in [4.78, 5) is 0. The van der Waals surface area contributed by atoms with E-state index in [9.17, 15) is 0 Å². The SMILES string of the molecule is COc1ccc(CCCc2ccc(Cl)cc2)cc1OC. The minimum Gasteiger partial charge on any atom is -0.493 e. The minimum absolute atomic E-state index is 0.772. The smallest absolute Gasteiger partial charge is 0.160 e. The molecule has 0 amide bonds. The number of halogens is 1. The van der Waals surface area contributed by atoms with Crippen molar-refractivity contribution in [2.24, 2.45) is 0 Å². The lowest BCUT2D eigenvalue weighted by atomic mass is 10.0. The molecule has 0 spiro atoms. The average Bonchev–Trinajstić information content (AvgIpc) is 2.49. The maximum absolute atomic E-state index is 5.88. The second-order valence-electron chi connectivity index (χ2n) is 4.67. The Kier molecular flexibility index (Phi) is 5.31. The highest BCUT2D eigenvalue weighted by Gasteiger charge is 2.04. The Morgan fingerprint density at radius 1 is 0.800 bits per heavy atom. The van der Waals surface area contributed by atoms with Crippen molar-refractivity contribution >= 4 is 11.6 Å². The lowest BCUT2D eigenvalue weighted by molar-refractivity contribution is 0.354. The van der Waals surface area contributed by atoms with E-state index in [1.54, 1.807) is 14.2 Å². The Labute approximate surface area is 125 Å². The topological polar surface area (TPSA) is 18.5 Å². The van der Waals surface area contributed by atoms with Crippen LogP contribution in [0, 0.1) is 0 Å². The number of rotatable bonds is 6. The van der Waals surface area contributed by atoms with Crippen LogP contribution in [-0.2, 0) is 12.8 Å². The monoisotopic (exact) mass is 290 g/mol. The molecule has 2 nitrogen and oxygen atoms in total. The van der Waals surface area contributed by atoms with Gasteiger partial charge in [-0.3, -0.25) is 0 Å². The van der Waals surface area contributed by atoms with Crippen molar-refractivity contribution in [3.05, 3.63) is 58.6 Å². The molecule has 2 aromatic rings. The first-order chi connectivity index (χ1) is 9.72. The molecule has 0 aliphatic rings. The highest BCUT2D eigenvalue weighted by Crippen LogP contribution is 2.28. The quantitative estimate of drug-likeness (QED) is 0.778. The summed E-state index contributed by atoms with van der Waals surface area (Å²) in [5.41, 5.74) is 2.58. The van der Waals surface area contributed by atoms with Gasteiger partial charge in [-0.15, -0.1) is 0 Å². The molecule has 0 N–H and O–H groups in total. The summed E-state index contributed by atoms with van der Waals surface area (Å²) in [7, 11) is 3.31. The molecule has 0 radical (unpaired) electrons. The number of hydrogen-bond acceptors (Lipinski definition) is 2. The van der Waals surface area contributed by atoms with E-state index in [0.29, 0.717) is 0 Å². The van der Waals surface area contributed by atoms with Crippen molar-refractivity contribution in [3.63, 3.8) is 0 Å². The van der Waals surface area contributed by atoms with E-state index in [1.807, 2.05) is 24.3 Å². The third-order valence-corrected chi connectivity index (χ3v) is 3.54.